The van der Waals surface area contributed by atoms with Crippen LogP contribution >= 0.6 is 27.3 Å². The number of ether oxygens (including phenoxy) is 1. The van der Waals surface area contributed by atoms with Crippen molar-refractivity contribution < 1.29 is 13.9 Å². The molecule has 146 valence electrons. The SMILES string of the molecule is Cc1sc(NC(=O)COc2ccc(Br)cc2C(C)C)nc1-c1ccc(F)cc1. The molecule has 1 aromatic heterocycles. The Labute approximate surface area is 175 Å². The van der Waals surface area contributed by atoms with E-state index in [0.29, 0.717) is 10.9 Å². The number of hydrogen-bond donors (Lipinski definition) is 1. The number of hydrogen-bond acceptors (Lipinski definition) is 4. The molecule has 7 heteroatoms. The maximum atomic E-state index is 13.1. The maximum Gasteiger partial charge on any atom is 0.264 e. The largest absolute Gasteiger partial charge is 0.483 e. The summed E-state index contributed by atoms with van der Waals surface area (Å²) < 4.78 is 19.8. The third-order valence-corrected chi connectivity index (χ3v) is 5.49. The summed E-state index contributed by atoms with van der Waals surface area (Å²) in [5, 5.41) is 3.27. The van der Waals surface area contributed by atoms with Crippen LogP contribution in [0, 0.1) is 12.7 Å². The van der Waals surface area contributed by atoms with Gasteiger partial charge in [0.15, 0.2) is 11.7 Å². The predicted molar refractivity (Wildman–Crippen MR) is 115 cm³/mol. The minimum absolute atomic E-state index is 0.105. The van der Waals surface area contributed by atoms with Crippen molar-refractivity contribution in [3.8, 4) is 17.0 Å². The highest BCUT2D eigenvalue weighted by molar-refractivity contribution is 9.10. The molecular weight excluding hydrogens is 443 g/mol. The molecule has 0 unspecified atom stereocenters. The van der Waals surface area contributed by atoms with Crippen LogP contribution in [-0.4, -0.2) is 17.5 Å². The average molecular weight is 463 g/mol. The number of carbonyl (C=O) groups excluding carboxylic acids is 1. The minimum Gasteiger partial charge on any atom is -0.483 e. The molecule has 1 N–H and O–H groups in total. The molecule has 3 aromatic rings. The van der Waals surface area contributed by atoms with E-state index in [-0.39, 0.29) is 24.2 Å². The van der Waals surface area contributed by atoms with Crippen molar-refractivity contribution in [1.29, 1.82) is 0 Å². The fraction of sp³-hybridized carbons (Fsp3) is 0.238. The van der Waals surface area contributed by atoms with Gasteiger partial charge in [-0.2, -0.15) is 0 Å². The van der Waals surface area contributed by atoms with Crippen molar-refractivity contribution in [1.82, 2.24) is 4.98 Å². The molecule has 3 rings (SSSR count). The van der Waals surface area contributed by atoms with Gasteiger partial charge in [-0.25, -0.2) is 9.37 Å². The van der Waals surface area contributed by atoms with Crippen LogP contribution in [0.3, 0.4) is 0 Å². The molecule has 2 aromatic carbocycles. The highest BCUT2D eigenvalue weighted by Crippen LogP contribution is 2.31. The lowest BCUT2D eigenvalue weighted by Gasteiger charge is -2.14. The van der Waals surface area contributed by atoms with E-state index in [0.717, 1.165) is 26.2 Å². The zero-order valence-electron chi connectivity index (χ0n) is 15.8. The molecule has 0 fully saturated rings. The van der Waals surface area contributed by atoms with Crippen LogP contribution < -0.4 is 10.1 Å². The van der Waals surface area contributed by atoms with Crippen molar-refractivity contribution in [2.45, 2.75) is 26.7 Å². The smallest absolute Gasteiger partial charge is 0.264 e. The minimum atomic E-state index is -0.295. The van der Waals surface area contributed by atoms with E-state index in [2.05, 4.69) is 40.1 Å². The van der Waals surface area contributed by atoms with Crippen molar-refractivity contribution in [3.63, 3.8) is 0 Å². The van der Waals surface area contributed by atoms with E-state index >= 15 is 0 Å². The number of nitrogens with one attached hydrogen (secondary N) is 1. The fourth-order valence-corrected chi connectivity index (χ4v) is 3.96. The molecule has 0 aliphatic carbocycles. The fourth-order valence-electron chi connectivity index (χ4n) is 2.73. The normalized spacial score (nSPS) is 10.9. The molecule has 0 spiro atoms. The Hall–Kier alpha value is -2.25. The molecule has 0 aliphatic rings. The summed E-state index contributed by atoms with van der Waals surface area (Å²) in [6.45, 7) is 5.96. The Balaban J connectivity index is 1.66. The summed E-state index contributed by atoms with van der Waals surface area (Å²) in [7, 11) is 0. The number of aryl methyl sites for hydroxylation is 1. The molecular formula is C21H20BrFN2O2S. The standard InChI is InChI=1S/C21H20BrFN2O2S/c1-12(2)17-10-15(22)6-9-18(17)27-11-19(26)24-21-25-20(13(3)28-21)14-4-7-16(23)8-5-14/h4-10,12H,11H2,1-3H3,(H,24,25,26). The predicted octanol–water partition coefficient (Wildman–Crippen LogP) is 6.16. The molecule has 0 aliphatic heterocycles. The van der Waals surface area contributed by atoms with Gasteiger partial charge in [0.1, 0.15) is 11.6 Å². The van der Waals surface area contributed by atoms with Gasteiger partial charge in [-0.15, -0.1) is 11.3 Å². The quantitative estimate of drug-likeness (QED) is 0.476. The zero-order chi connectivity index (χ0) is 20.3. The van der Waals surface area contributed by atoms with Crippen molar-refractivity contribution in [3.05, 3.63) is 63.2 Å². The van der Waals surface area contributed by atoms with Gasteiger partial charge < -0.3 is 4.74 Å². The van der Waals surface area contributed by atoms with Gasteiger partial charge in [-0.05, 0) is 60.9 Å². The van der Waals surface area contributed by atoms with Crippen LogP contribution in [0.15, 0.2) is 46.9 Å². The third kappa shape index (κ3) is 4.97. The lowest BCUT2D eigenvalue weighted by molar-refractivity contribution is -0.118. The second kappa shape index (κ2) is 8.84. The van der Waals surface area contributed by atoms with Gasteiger partial charge in [0, 0.05) is 14.9 Å². The molecule has 0 bridgehead atoms. The van der Waals surface area contributed by atoms with Crippen molar-refractivity contribution in [2.24, 2.45) is 0 Å². The lowest BCUT2D eigenvalue weighted by atomic mass is 10.0. The molecule has 0 saturated carbocycles. The summed E-state index contributed by atoms with van der Waals surface area (Å²) in [6.07, 6.45) is 0. The summed E-state index contributed by atoms with van der Waals surface area (Å²) in [4.78, 5) is 17.7. The molecule has 1 heterocycles. The van der Waals surface area contributed by atoms with E-state index in [1.165, 1.54) is 23.5 Å². The second-order valence-electron chi connectivity index (χ2n) is 6.60. The van der Waals surface area contributed by atoms with Crippen LogP contribution in [0.5, 0.6) is 5.75 Å². The van der Waals surface area contributed by atoms with E-state index < -0.39 is 0 Å². The number of thiazole rings is 1. The van der Waals surface area contributed by atoms with Gasteiger partial charge >= 0.3 is 0 Å². The number of amides is 1. The monoisotopic (exact) mass is 462 g/mol. The molecule has 4 nitrogen and oxygen atoms in total. The Kier molecular flexibility index (Phi) is 6.46. The van der Waals surface area contributed by atoms with Crippen molar-refractivity contribution >= 4 is 38.3 Å². The average Bonchev–Trinajstić information content (AvgIpc) is 3.01. The van der Waals surface area contributed by atoms with Crippen LogP contribution in [0.4, 0.5) is 9.52 Å². The van der Waals surface area contributed by atoms with Crippen molar-refractivity contribution in [2.75, 3.05) is 11.9 Å². The highest BCUT2D eigenvalue weighted by atomic mass is 79.9. The van der Waals surface area contributed by atoms with E-state index in [9.17, 15) is 9.18 Å². The Morgan fingerprint density at radius 3 is 2.64 bits per heavy atom. The van der Waals surface area contributed by atoms with Crippen LogP contribution in [-0.2, 0) is 4.79 Å². The Morgan fingerprint density at radius 1 is 1.25 bits per heavy atom. The summed E-state index contributed by atoms with van der Waals surface area (Å²) in [5.41, 5.74) is 2.57. The third-order valence-electron chi connectivity index (χ3n) is 4.11. The molecule has 0 radical (unpaired) electrons. The molecule has 0 atom stereocenters. The van der Waals surface area contributed by atoms with E-state index in [1.54, 1.807) is 12.1 Å². The van der Waals surface area contributed by atoms with Gasteiger partial charge in [0.2, 0.25) is 0 Å². The first-order chi connectivity index (χ1) is 13.3. The van der Waals surface area contributed by atoms with Gasteiger partial charge in [0.25, 0.3) is 5.91 Å². The van der Waals surface area contributed by atoms with Crippen LogP contribution in [0.2, 0.25) is 0 Å². The number of carbonyl (C=O) groups is 1. The Bertz CT molecular complexity index is 987. The summed E-state index contributed by atoms with van der Waals surface area (Å²) in [5.74, 6) is 0.388. The number of rotatable bonds is 6. The van der Waals surface area contributed by atoms with E-state index in [4.69, 9.17) is 4.74 Å². The first kappa shape index (κ1) is 20.5. The first-order valence-electron chi connectivity index (χ1n) is 8.79. The van der Waals surface area contributed by atoms with Crippen LogP contribution in [0.1, 0.15) is 30.2 Å². The van der Waals surface area contributed by atoms with E-state index in [1.807, 2.05) is 25.1 Å². The summed E-state index contributed by atoms with van der Waals surface area (Å²) >= 11 is 4.83. The second-order valence-corrected chi connectivity index (χ2v) is 8.72. The lowest BCUT2D eigenvalue weighted by Crippen LogP contribution is -2.20. The number of aromatic nitrogens is 1. The van der Waals surface area contributed by atoms with Crippen LogP contribution in [0.25, 0.3) is 11.3 Å². The first-order valence-corrected chi connectivity index (χ1v) is 10.4. The number of nitrogens with zero attached hydrogens (tertiary/aromatic N) is 1. The molecule has 0 saturated heterocycles. The zero-order valence-corrected chi connectivity index (χ0v) is 18.2. The van der Waals surface area contributed by atoms with Gasteiger partial charge in [0.05, 0.1) is 5.69 Å². The number of halogens is 2. The highest BCUT2D eigenvalue weighted by Gasteiger charge is 2.14. The van der Waals surface area contributed by atoms with Gasteiger partial charge in [-0.1, -0.05) is 29.8 Å². The van der Waals surface area contributed by atoms with Gasteiger partial charge in [-0.3, -0.25) is 10.1 Å². The molecule has 1 amide bonds. The molecule has 28 heavy (non-hydrogen) atoms. The Morgan fingerprint density at radius 2 is 1.96 bits per heavy atom. The summed E-state index contributed by atoms with van der Waals surface area (Å²) in [6, 6.07) is 11.9. The number of benzene rings is 2. The topological polar surface area (TPSA) is 51.2 Å². The number of anilines is 1. The maximum absolute atomic E-state index is 13.1.